The lowest BCUT2D eigenvalue weighted by molar-refractivity contribution is -0.0279. The molecule has 17 heteroatoms. The highest BCUT2D eigenvalue weighted by molar-refractivity contribution is 7.80. The predicted octanol–water partition coefficient (Wildman–Crippen LogP) is 1.63. The summed E-state index contributed by atoms with van der Waals surface area (Å²) in [5.41, 5.74) is 1.29. The standard InChI is InChI=1S/C32H58O16S/c1-2-31-3-5-32(6-4-31)47-29-27-45-25-23-43-21-19-41-17-15-39-13-11-37-9-7-36-8-10-38-12-14-40-16-18-42-20-22-44-24-26-46-28-30-48-49(33,34)35/h3-6H,2,7-30H2,1H3,(H,33,34,35). The minimum absolute atomic E-state index is 0.0297. The van der Waals surface area contributed by atoms with Crippen LogP contribution in [0.1, 0.15) is 12.5 Å². The summed E-state index contributed by atoms with van der Waals surface area (Å²) >= 11 is 0. The van der Waals surface area contributed by atoms with Crippen molar-refractivity contribution in [3.63, 3.8) is 0 Å². The van der Waals surface area contributed by atoms with Gasteiger partial charge in [0, 0.05) is 0 Å². The number of rotatable bonds is 39. The van der Waals surface area contributed by atoms with E-state index in [1.54, 1.807) is 0 Å². The third-order valence-corrected chi connectivity index (χ3v) is 6.47. The van der Waals surface area contributed by atoms with Crippen LogP contribution in [-0.4, -0.2) is 172 Å². The summed E-state index contributed by atoms with van der Waals surface area (Å²) in [6.45, 7) is 12.1. The number of aryl methyl sites for hydroxylation is 1. The maximum atomic E-state index is 10.3. The van der Waals surface area contributed by atoms with Crippen LogP contribution in [0, 0.1) is 0 Å². The Morgan fingerprint density at radius 1 is 0.408 bits per heavy atom. The Bertz CT molecular complexity index is 922. The van der Waals surface area contributed by atoms with Gasteiger partial charge in [-0.05, 0) is 24.1 Å². The monoisotopic (exact) mass is 730 g/mol. The van der Waals surface area contributed by atoms with Crippen molar-refractivity contribution < 1.29 is 74.0 Å². The summed E-state index contributed by atoms with van der Waals surface area (Å²) in [5.74, 6) is 0.854. The second-order valence-electron chi connectivity index (χ2n) is 9.83. The Morgan fingerprint density at radius 2 is 0.653 bits per heavy atom. The molecule has 16 nitrogen and oxygen atoms in total. The van der Waals surface area contributed by atoms with Crippen LogP contribution in [0.15, 0.2) is 24.3 Å². The topological polar surface area (TPSA) is 174 Å². The number of benzene rings is 1. The van der Waals surface area contributed by atoms with Gasteiger partial charge in [-0.1, -0.05) is 19.1 Å². The van der Waals surface area contributed by atoms with E-state index in [0.29, 0.717) is 139 Å². The lowest BCUT2D eigenvalue weighted by Gasteiger charge is -2.09. The maximum Gasteiger partial charge on any atom is 0.397 e. The first-order valence-corrected chi connectivity index (χ1v) is 18.1. The summed E-state index contributed by atoms with van der Waals surface area (Å²) in [6, 6.07) is 8.10. The zero-order valence-corrected chi connectivity index (χ0v) is 29.8. The fourth-order valence-corrected chi connectivity index (χ4v) is 3.82. The molecule has 0 heterocycles. The SMILES string of the molecule is CCc1ccc(OCCOCCOCCOCCOCCOCCOCCOCCOCCOCCOCCOCCOS(=O)(=O)O)cc1. The van der Waals surface area contributed by atoms with Crippen LogP contribution in [0.5, 0.6) is 5.75 Å². The molecule has 288 valence electrons. The molecular weight excluding hydrogens is 672 g/mol. The van der Waals surface area contributed by atoms with Crippen LogP contribution < -0.4 is 4.74 Å². The van der Waals surface area contributed by atoms with E-state index in [-0.39, 0.29) is 19.8 Å². The Kier molecular flexibility index (Phi) is 32.4. The van der Waals surface area contributed by atoms with E-state index in [2.05, 4.69) is 23.2 Å². The van der Waals surface area contributed by atoms with Crippen LogP contribution in [-0.2, 0) is 73.1 Å². The van der Waals surface area contributed by atoms with Crippen molar-refractivity contribution in [3.8, 4) is 5.75 Å². The van der Waals surface area contributed by atoms with E-state index in [4.69, 9.17) is 61.4 Å². The third kappa shape index (κ3) is 34.7. The lowest BCUT2D eigenvalue weighted by atomic mass is 10.2. The van der Waals surface area contributed by atoms with Crippen molar-refractivity contribution in [3.05, 3.63) is 29.8 Å². The largest absolute Gasteiger partial charge is 0.491 e. The van der Waals surface area contributed by atoms with E-state index >= 15 is 0 Å². The Hall–Kier alpha value is -1.55. The Balaban J connectivity index is 1.63. The molecule has 0 bridgehead atoms. The van der Waals surface area contributed by atoms with Gasteiger partial charge in [-0.3, -0.25) is 4.55 Å². The highest BCUT2D eigenvalue weighted by atomic mass is 32.3. The molecule has 0 aliphatic carbocycles. The molecule has 0 amide bonds. The first-order chi connectivity index (χ1) is 24.0. The number of ether oxygens (including phenoxy) is 12. The molecule has 0 saturated heterocycles. The van der Waals surface area contributed by atoms with Gasteiger partial charge in [0.2, 0.25) is 0 Å². The Morgan fingerprint density at radius 3 is 0.898 bits per heavy atom. The first kappa shape index (κ1) is 45.5. The third-order valence-electron chi connectivity index (χ3n) is 6.01. The lowest BCUT2D eigenvalue weighted by Crippen LogP contribution is -2.15. The summed E-state index contributed by atoms with van der Waals surface area (Å²) in [6.07, 6.45) is 1.02. The van der Waals surface area contributed by atoms with Crippen molar-refractivity contribution in [2.75, 3.05) is 159 Å². The molecule has 49 heavy (non-hydrogen) atoms. The minimum atomic E-state index is -4.43. The predicted molar refractivity (Wildman–Crippen MR) is 178 cm³/mol. The van der Waals surface area contributed by atoms with Gasteiger partial charge >= 0.3 is 10.4 Å². The van der Waals surface area contributed by atoms with Crippen LogP contribution >= 0.6 is 0 Å². The van der Waals surface area contributed by atoms with E-state index < -0.39 is 10.4 Å². The molecule has 1 N–H and O–H groups in total. The highest BCUT2D eigenvalue weighted by Crippen LogP contribution is 2.12. The van der Waals surface area contributed by atoms with Crippen LogP contribution in [0.4, 0.5) is 0 Å². The van der Waals surface area contributed by atoms with Gasteiger partial charge in [-0.2, -0.15) is 8.42 Å². The van der Waals surface area contributed by atoms with Crippen molar-refractivity contribution in [1.29, 1.82) is 0 Å². The first-order valence-electron chi connectivity index (χ1n) is 16.7. The summed E-state index contributed by atoms with van der Waals surface area (Å²) in [7, 11) is -4.43. The summed E-state index contributed by atoms with van der Waals surface area (Å²) in [4.78, 5) is 0. The molecule has 0 unspecified atom stereocenters. The van der Waals surface area contributed by atoms with Crippen LogP contribution in [0.3, 0.4) is 0 Å². The van der Waals surface area contributed by atoms with Crippen molar-refractivity contribution in [2.45, 2.75) is 13.3 Å². The van der Waals surface area contributed by atoms with E-state index in [0.717, 1.165) is 12.2 Å². The van der Waals surface area contributed by atoms with E-state index in [1.807, 2.05) is 12.1 Å². The van der Waals surface area contributed by atoms with Gasteiger partial charge in [-0.25, -0.2) is 4.18 Å². The van der Waals surface area contributed by atoms with Gasteiger partial charge in [-0.15, -0.1) is 0 Å². The minimum Gasteiger partial charge on any atom is -0.491 e. The van der Waals surface area contributed by atoms with Gasteiger partial charge in [0.25, 0.3) is 0 Å². The molecule has 0 aliphatic heterocycles. The fraction of sp³-hybridized carbons (Fsp3) is 0.812. The molecule has 0 aliphatic rings. The zero-order valence-electron chi connectivity index (χ0n) is 29.0. The van der Waals surface area contributed by atoms with Crippen molar-refractivity contribution >= 4 is 10.4 Å². The fourth-order valence-electron chi connectivity index (χ4n) is 3.54. The normalized spacial score (nSPS) is 11.8. The summed E-state index contributed by atoms with van der Waals surface area (Å²) in [5, 5.41) is 0. The quantitative estimate of drug-likeness (QED) is 0.0764. The molecule has 1 aromatic rings. The average Bonchev–Trinajstić information content (AvgIpc) is 3.09. The number of hydrogen-bond donors (Lipinski definition) is 1. The molecule has 0 radical (unpaired) electrons. The van der Waals surface area contributed by atoms with Crippen molar-refractivity contribution in [2.24, 2.45) is 0 Å². The van der Waals surface area contributed by atoms with E-state index in [1.165, 1.54) is 5.56 Å². The maximum absolute atomic E-state index is 10.3. The molecule has 0 aromatic heterocycles. The van der Waals surface area contributed by atoms with Gasteiger partial charge in [0.15, 0.2) is 0 Å². The van der Waals surface area contributed by atoms with Gasteiger partial charge in [0.05, 0.1) is 152 Å². The smallest absolute Gasteiger partial charge is 0.397 e. The van der Waals surface area contributed by atoms with Crippen LogP contribution in [0.25, 0.3) is 0 Å². The van der Waals surface area contributed by atoms with Gasteiger partial charge < -0.3 is 56.8 Å². The Labute approximate surface area is 291 Å². The van der Waals surface area contributed by atoms with Crippen molar-refractivity contribution in [1.82, 2.24) is 0 Å². The van der Waals surface area contributed by atoms with Gasteiger partial charge in [0.1, 0.15) is 12.4 Å². The second-order valence-corrected chi connectivity index (χ2v) is 10.9. The molecule has 0 atom stereocenters. The molecular formula is C32H58O16S. The molecule has 1 rings (SSSR count). The second kappa shape index (κ2) is 34.9. The molecule has 1 aromatic carbocycles. The highest BCUT2D eigenvalue weighted by Gasteiger charge is 2.03. The molecule has 0 spiro atoms. The number of hydrogen-bond acceptors (Lipinski definition) is 15. The zero-order chi connectivity index (χ0) is 35.4. The van der Waals surface area contributed by atoms with E-state index in [9.17, 15) is 8.42 Å². The molecule has 0 fully saturated rings. The van der Waals surface area contributed by atoms with Crippen LogP contribution in [0.2, 0.25) is 0 Å². The summed E-state index contributed by atoms with van der Waals surface area (Å²) < 4.78 is 98.3. The molecule has 0 saturated carbocycles. The average molecular weight is 731 g/mol.